The Balaban J connectivity index is 1.73. The van der Waals surface area contributed by atoms with Crippen LogP contribution in [0.3, 0.4) is 0 Å². The normalized spacial score (nSPS) is 17.5. The molecule has 1 aliphatic heterocycles. The molecule has 5 atom stereocenters. The molecule has 0 spiro atoms. The average molecular weight is 756 g/mol. The molecule has 12 heteroatoms. The number of amides is 3. The van der Waals surface area contributed by atoms with Gasteiger partial charge in [-0.05, 0) is 55.6 Å². The number of nitrogens with one attached hydrogen (secondary N) is 3. The number of aryl methyl sites for hydroxylation is 1. The highest BCUT2D eigenvalue weighted by Gasteiger charge is 2.50. The fourth-order valence-corrected chi connectivity index (χ4v) is 6.84. The van der Waals surface area contributed by atoms with Crippen LogP contribution < -0.4 is 16.0 Å². The van der Waals surface area contributed by atoms with Crippen molar-refractivity contribution in [3.8, 4) is 0 Å². The number of carbonyl (C=O) groups is 4. The zero-order valence-electron chi connectivity index (χ0n) is 32.4. The number of benzene rings is 2. The van der Waals surface area contributed by atoms with Crippen molar-refractivity contribution in [1.82, 2.24) is 16.0 Å². The molecule has 3 amide bonds. The summed E-state index contributed by atoms with van der Waals surface area (Å²) in [6.45, 7) is 12.4. The summed E-state index contributed by atoms with van der Waals surface area (Å²) in [7, 11) is 1.63. The van der Waals surface area contributed by atoms with Crippen molar-refractivity contribution in [2.75, 3.05) is 52.5 Å². The Bertz CT molecular complexity index is 1390. The Kier molecular flexibility index (Phi) is 19.5. The third kappa shape index (κ3) is 16.7. The second-order valence-corrected chi connectivity index (χ2v) is 15.9. The molecular formula is C41H61N3O8S. The van der Waals surface area contributed by atoms with Crippen LogP contribution in [0.5, 0.6) is 0 Å². The van der Waals surface area contributed by atoms with Crippen LogP contribution in [0.25, 0.3) is 0 Å². The van der Waals surface area contributed by atoms with Crippen LogP contribution >= 0.6 is 11.8 Å². The molecule has 53 heavy (non-hydrogen) atoms. The molecule has 1 saturated heterocycles. The maximum atomic E-state index is 14.1. The Morgan fingerprint density at radius 2 is 1.23 bits per heavy atom. The Labute approximate surface area is 320 Å². The van der Waals surface area contributed by atoms with Crippen LogP contribution in [0.1, 0.15) is 65.0 Å². The van der Waals surface area contributed by atoms with Gasteiger partial charge in [0.2, 0.25) is 17.7 Å². The van der Waals surface area contributed by atoms with Crippen molar-refractivity contribution in [3.63, 3.8) is 0 Å². The van der Waals surface area contributed by atoms with Crippen molar-refractivity contribution in [3.05, 3.63) is 71.8 Å². The summed E-state index contributed by atoms with van der Waals surface area (Å²) < 4.78 is 21.6. The maximum Gasteiger partial charge on any atom is 0.243 e. The molecule has 3 rings (SSSR count). The lowest BCUT2D eigenvalue weighted by Crippen LogP contribution is -2.58. The van der Waals surface area contributed by atoms with Crippen LogP contribution in [0.15, 0.2) is 60.7 Å². The molecule has 1 fully saturated rings. The molecule has 3 N–H and O–H groups in total. The number of epoxide rings is 1. The molecule has 2 unspecified atom stereocenters. The van der Waals surface area contributed by atoms with E-state index in [1.54, 1.807) is 14.0 Å². The van der Waals surface area contributed by atoms with Crippen molar-refractivity contribution in [1.29, 1.82) is 0 Å². The smallest absolute Gasteiger partial charge is 0.243 e. The second kappa shape index (κ2) is 23.5. The van der Waals surface area contributed by atoms with E-state index in [-0.39, 0.29) is 29.9 Å². The van der Waals surface area contributed by atoms with Gasteiger partial charge in [0.1, 0.15) is 17.7 Å². The molecule has 1 aliphatic rings. The Hall–Kier alpha value is -3.29. The van der Waals surface area contributed by atoms with E-state index in [0.717, 1.165) is 11.1 Å². The summed E-state index contributed by atoms with van der Waals surface area (Å²) in [5, 5.41) is 8.50. The van der Waals surface area contributed by atoms with E-state index in [9.17, 15) is 19.2 Å². The van der Waals surface area contributed by atoms with Gasteiger partial charge in [-0.25, -0.2) is 0 Å². The molecule has 0 radical (unpaired) electrons. The fourth-order valence-electron chi connectivity index (χ4n) is 5.84. The zero-order chi connectivity index (χ0) is 38.6. The van der Waals surface area contributed by atoms with Crippen LogP contribution in [0.2, 0.25) is 0 Å². The first kappa shape index (κ1) is 44.1. The largest absolute Gasteiger partial charge is 0.382 e. The minimum Gasteiger partial charge on any atom is -0.382 e. The minimum absolute atomic E-state index is 0.0784. The number of rotatable bonds is 27. The van der Waals surface area contributed by atoms with E-state index >= 15 is 0 Å². The van der Waals surface area contributed by atoms with Crippen molar-refractivity contribution < 1.29 is 38.1 Å². The van der Waals surface area contributed by atoms with Crippen LogP contribution in [0, 0.1) is 11.8 Å². The standard InChI is InChI=1S/C41H61N3O8S/c1-29(2)25-33(37(45)41(5)28-52-41)42-39(47)35(27-32-15-11-8-12-16-32)43-38(46)34(26-30(3)4)44-40(48)36(18-17-31-13-9-7-10-14-31)53-24-23-51-22-21-50-20-19-49-6/h7-16,29-30,33-36H,17-28H2,1-6H3,(H,42,47)(H,43,46)(H,44,48)/t33?,34?,35-,36-,41+/m0/s1. The molecule has 2 aromatic rings. The lowest BCUT2D eigenvalue weighted by molar-refractivity contribution is -0.134. The number of ether oxygens (including phenoxy) is 4. The van der Waals surface area contributed by atoms with Gasteiger partial charge < -0.3 is 34.9 Å². The van der Waals surface area contributed by atoms with E-state index < -0.39 is 40.8 Å². The monoisotopic (exact) mass is 755 g/mol. The number of methoxy groups -OCH3 is 1. The summed E-state index contributed by atoms with van der Waals surface area (Å²) in [4.78, 5) is 55.3. The predicted octanol–water partition coefficient (Wildman–Crippen LogP) is 4.55. The number of hydrogen-bond donors (Lipinski definition) is 3. The Morgan fingerprint density at radius 1 is 0.717 bits per heavy atom. The molecular weight excluding hydrogens is 695 g/mol. The van der Waals surface area contributed by atoms with E-state index in [1.165, 1.54) is 11.8 Å². The second-order valence-electron chi connectivity index (χ2n) is 14.6. The number of thioether (sulfide) groups is 1. The topological polar surface area (TPSA) is 145 Å². The van der Waals surface area contributed by atoms with Crippen LogP contribution in [-0.4, -0.2) is 105 Å². The summed E-state index contributed by atoms with van der Waals surface area (Å²) in [6.07, 6.45) is 2.30. The number of ketones is 1. The summed E-state index contributed by atoms with van der Waals surface area (Å²) in [6, 6.07) is 16.8. The first-order valence-corrected chi connectivity index (χ1v) is 19.9. The number of Topliss-reactive ketones (excluding diaryl/α,β-unsaturated/α-hetero) is 1. The van der Waals surface area contributed by atoms with Gasteiger partial charge in [-0.1, -0.05) is 88.4 Å². The van der Waals surface area contributed by atoms with E-state index in [1.807, 2.05) is 88.4 Å². The first-order chi connectivity index (χ1) is 25.4. The SMILES string of the molecule is COCCOCCOCCS[C@@H](CCc1ccccc1)C(=O)NC(CC(C)C)C(=O)N[C@@H](Cc1ccccc1)C(=O)NC(CC(C)C)C(=O)[C@@]1(C)CO1. The molecule has 11 nitrogen and oxygen atoms in total. The fraction of sp³-hybridized carbons (Fsp3) is 0.610. The van der Waals surface area contributed by atoms with Gasteiger partial charge in [0.25, 0.3) is 0 Å². The zero-order valence-corrected chi connectivity index (χ0v) is 33.2. The minimum atomic E-state index is -0.981. The van der Waals surface area contributed by atoms with Gasteiger partial charge in [-0.2, -0.15) is 0 Å². The van der Waals surface area contributed by atoms with Gasteiger partial charge in [-0.15, -0.1) is 11.8 Å². The van der Waals surface area contributed by atoms with E-state index in [4.69, 9.17) is 18.9 Å². The van der Waals surface area contributed by atoms with Gasteiger partial charge in [-0.3, -0.25) is 19.2 Å². The molecule has 0 aliphatic carbocycles. The third-order valence-electron chi connectivity index (χ3n) is 8.88. The molecule has 2 aromatic carbocycles. The number of hydrogen-bond acceptors (Lipinski definition) is 9. The van der Waals surface area contributed by atoms with Gasteiger partial charge in [0.05, 0.1) is 50.9 Å². The van der Waals surface area contributed by atoms with Gasteiger partial charge in [0, 0.05) is 19.3 Å². The molecule has 0 saturated carbocycles. The molecule has 1 heterocycles. The highest BCUT2D eigenvalue weighted by molar-refractivity contribution is 8.00. The highest BCUT2D eigenvalue weighted by atomic mass is 32.2. The van der Waals surface area contributed by atoms with E-state index in [0.29, 0.717) is 71.1 Å². The number of carbonyl (C=O) groups excluding carboxylic acids is 4. The summed E-state index contributed by atoms with van der Waals surface area (Å²) in [5.74, 6) is -0.510. The van der Waals surface area contributed by atoms with Crippen LogP contribution in [-0.2, 0) is 51.0 Å². The van der Waals surface area contributed by atoms with Crippen molar-refractivity contribution in [2.45, 2.75) is 95.7 Å². The van der Waals surface area contributed by atoms with Crippen LogP contribution in [0.4, 0.5) is 0 Å². The van der Waals surface area contributed by atoms with E-state index in [2.05, 4.69) is 16.0 Å². The summed E-state index contributed by atoms with van der Waals surface area (Å²) >= 11 is 1.50. The predicted molar refractivity (Wildman–Crippen MR) is 209 cm³/mol. The van der Waals surface area contributed by atoms with Crippen molar-refractivity contribution in [2.24, 2.45) is 11.8 Å². The van der Waals surface area contributed by atoms with Gasteiger partial charge >= 0.3 is 0 Å². The van der Waals surface area contributed by atoms with Gasteiger partial charge in [0.15, 0.2) is 5.78 Å². The quantitative estimate of drug-likeness (QED) is 0.0884. The summed E-state index contributed by atoms with van der Waals surface area (Å²) in [5.41, 5.74) is 1.07. The highest BCUT2D eigenvalue weighted by Crippen LogP contribution is 2.30. The maximum absolute atomic E-state index is 14.1. The average Bonchev–Trinajstić information content (AvgIpc) is 3.89. The lowest BCUT2D eigenvalue weighted by atomic mass is 9.93. The molecule has 0 bridgehead atoms. The molecule has 294 valence electrons. The first-order valence-electron chi connectivity index (χ1n) is 18.8. The molecule has 0 aromatic heterocycles. The third-order valence-corrected chi connectivity index (χ3v) is 10.1. The van der Waals surface area contributed by atoms with Crippen molar-refractivity contribution >= 4 is 35.3 Å². The Morgan fingerprint density at radius 3 is 1.81 bits per heavy atom. The lowest BCUT2D eigenvalue weighted by Gasteiger charge is -2.28.